The lowest BCUT2D eigenvalue weighted by Crippen LogP contribution is -1.98. The van der Waals surface area contributed by atoms with Crippen LogP contribution in [0.15, 0.2) is 59.0 Å². The molecule has 0 saturated carbocycles. The van der Waals surface area contributed by atoms with E-state index in [1.165, 1.54) is 0 Å². The number of ketones is 1. The second-order valence-corrected chi connectivity index (χ2v) is 4.35. The number of carbonyl (C=O) groups excluding carboxylic acids is 1. The standard InChI is InChI=1S/C16H12O2/c1-11-7-8-13-10-15(18-14(13)9-11)16(17)12-5-3-2-4-6-12/h2-10H,1H3. The van der Waals surface area contributed by atoms with Crippen molar-refractivity contribution in [1.82, 2.24) is 0 Å². The first kappa shape index (κ1) is 10.8. The molecule has 0 aliphatic carbocycles. The predicted molar refractivity (Wildman–Crippen MR) is 70.8 cm³/mol. The highest BCUT2D eigenvalue weighted by Crippen LogP contribution is 2.22. The Kier molecular flexibility index (Phi) is 2.49. The lowest BCUT2D eigenvalue weighted by molar-refractivity contribution is 0.101. The molecule has 1 heterocycles. The van der Waals surface area contributed by atoms with Crippen LogP contribution < -0.4 is 0 Å². The van der Waals surface area contributed by atoms with Gasteiger partial charge in [-0.1, -0.05) is 42.5 Å². The summed E-state index contributed by atoms with van der Waals surface area (Å²) in [7, 11) is 0. The second-order valence-electron chi connectivity index (χ2n) is 4.35. The first-order valence-corrected chi connectivity index (χ1v) is 5.84. The summed E-state index contributed by atoms with van der Waals surface area (Å²) in [6.07, 6.45) is 0. The minimum Gasteiger partial charge on any atom is -0.453 e. The molecule has 0 fully saturated rings. The summed E-state index contributed by atoms with van der Waals surface area (Å²) in [4.78, 5) is 12.2. The summed E-state index contributed by atoms with van der Waals surface area (Å²) in [5.74, 6) is 0.311. The van der Waals surface area contributed by atoms with Gasteiger partial charge in [-0.15, -0.1) is 0 Å². The number of aryl methyl sites for hydroxylation is 1. The Hall–Kier alpha value is -2.35. The van der Waals surface area contributed by atoms with Crippen LogP contribution in [0.4, 0.5) is 0 Å². The van der Waals surface area contributed by atoms with Gasteiger partial charge >= 0.3 is 0 Å². The third-order valence-corrected chi connectivity index (χ3v) is 2.94. The highest BCUT2D eigenvalue weighted by Gasteiger charge is 2.13. The Morgan fingerprint density at radius 2 is 1.78 bits per heavy atom. The zero-order valence-electron chi connectivity index (χ0n) is 10.0. The molecular formula is C16H12O2. The molecule has 0 unspecified atom stereocenters. The van der Waals surface area contributed by atoms with Gasteiger partial charge in [0.25, 0.3) is 0 Å². The fraction of sp³-hybridized carbons (Fsp3) is 0.0625. The van der Waals surface area contributed by atoms with Crippen molar-refractivity contribution in [1.29, 1.82) is 0 Å². The summed E-state index contributed by atoms with van der Waals surface area (Å²) >= 11 is 0. The molecule has 88 valence electrons. The minimum atomic E-state index is -0.0792. The molecule has 0 amide bonds. The van der Waals surface area contributed by atoms with E-state index in [0.29, 0.717) is 11.3 Å². The smallest absolute Gasteiger partial charge is 0.228 e. The molecule has 0 aliphatic rings. The van der Waals surface area contributed by atoms with Gasteiger partial charge in [0.15, 0.2) is 5.76 Å². The normalized spacial score (nSPS) is 10.7. The first-order valence-electron chi connectivity index (χ1n) is 5.84. The van der Waals surface area contributed by atoms with Gasteiger partial charge in [0.2, 0.25) is 5.78 Å². The van der Waals surface area contributed by atoms with Gasteiger partial charge in [0.1, 0.15) is 5.58 Å². The SMILES string of the molecule is Cc1ccc2cc(C(=O)c3ccccc3)oc2c1. The maximum atomic E-state index is 12.2. The van der Waals surface area contributed by atoms with Crippen molar-refractivity contribution in [2.45, 2.75) is 6.92 Å². The van der Waals surface area contributed by atoms with Crippen LogP contribution in [-0.2, 0) is 0 Å². The van der Waals surface area contributed by atoms with Crippen LogP contribution in [0.5, 0.6) is 0 Å². The van der Waals surface area contributed by atoms with E-state index in [2.05, 4.69) is 0 Å². The fourth-order valence-corrected chi connectivity index (χ4v) is 1.98. The highest BCUT2D eigenvalue weighted by atomic mass is 16.3. The quantitative estimate of drug-likeness (QED) is 0.630. The van der Waals surface area contributed by atoms with Crippen LogP contribution >= 0.6 is 0 Å². The first-order chi connectivity index (χ1) is 8.74. The van der Waals surface area contributed by atoms with Crippen molar-refractivity contribution in [3.63, 3.8) is 0 Å². The van der Waals surface area contributed by atoms with Gasteiger partial charge in [-0.25, -0.2) is 0 Å². The number of carbonyl (C=O) groups is 1. The number of hydrogen-bond acceptors (Lipinski definition) is 2. The van der Waals surface area contributed by atoms with Crippen molar-refractivity contribution < 1.29 is 9.21 Å². The molecule has 2 aromatic carbocycles. The molecule has 2 heteroatoms. The van der Waals surface area contributed by atoms with E-state index in [4.69, 9.17) is 4.42 Å². The molecule has 1 aromatic heterocycles. The number of rotatable bonds is 2. The molecule has 2 nitrogen and oxygen atoms in total. The lowest BCUT2D eigenvalue weighted by atomic mass is 10.1. The Labute approximate surface area is 105 Å². The van der Waals surface area contributed by atoms with Crippen LogP contribution in [0.3, 0.4) is 0 Å². The van der Waals surface area contributed by atoms with Crippen molar-refractivity contribution in [3.05, 3.63) is 71.5 Å². The van der Waals surface area contributed by atoms with Crippen molar-refractivity contribution >= 4 is 16.8 Å². The van der Waals surface area contributed by atoms with Gasteiger partial charge in [0.05, 0.1) is 0 Å². The van der Waals surface area contributed by atoms with Crippen LogP contribution in [0, 0.1) is 6.92 Å². The van der Waals surface area contributed by atoms with Crippen molar-refractivity contribution in [2.75, 3.05) is 0 Å². The fourth-order valence-electron chi connectivity index (χ4n) is 1.98. The topological polar surface area (TPSA) is 30.2 Å². The Balaban J connectivity index is 2.07. The molecule has 3 aromatic rings. The molecule has 0 N–H and O–H groups in total. The maximum Gasteiger partial charge on any atom is 0.228 e. The number of benzene rings is 2. The van der Waals surface area contributed by atoms with E-state index in [-0.39, 0.29) is 5.78 Å². The van der Waals surface area contributed by atoms with Crippen molar-refractivity contribution in [3.8, 4) is 0 Å². The molecule has 0 spiro atoms. The van der Waals surface area contributed by atoms with E-state index in [1.54, 1.807) is 18.2 Å². The molecule has 18 heavy (non-hydrogen) atoms. The van der Waals surface area contributed by atoms with Crippen LogP contribution in [0.25, 0.3) is 11.0 Å². The van der Waals surface area contributed by atoms with Gasteiger partial charge in [-0.3, -0.25) is 4.79 Å². The van der Waals surface area contributed by atoms with Crippen LogP contribution in [0.1, 0.15) is 21.7 Å². The van der Waals surface area contributed by atoms with E-state index in [1.807, 2.05) is 43.3 Å². The molecular weight excluding hydrogens is 224 g/mol. The molecule has 0 saturated heterocycles. The predicted octanol–water partition coefficient (Wildman–Crippen LogP) is 3.97. The third kappa shape index (κ3) is 1.82. The average Bonchev–Trinajstić information content (AvgIpc) is 2.81. The van der Waals surface area contributed by atoms with Crippen LogP contribution in [0.2, 0.25) is 0 Å². The molecule has 3 rings (SSSR count). The monoisotopic (exact) mass is 236 g/mol. The molecule has 0 aliphatic heterocycles. The van der Waals surface area contributed by atoms with E-state index in [9.17, 15) is 4.79 Å². The third-order valence-electron chi connectivity index (χ3n) is 2.94. The lowest BCUT2D eigenvalue weighted by Gasteiger charge is -1.95. The Bertz CT molecular complexity index is 708. The van der Waals surface area contributed by atoms with E-state index in [0.717, 1.165) is 16.5 Å². The molecule has 0 atom stereocenters. The van der Waals surface area contributed by atoms with E-state index < -0.39 is 0 Å². The zero-order valence-corrected chi connectivity index (χ0v) is 10.0. The molecule has 0 bridgehead atoms. The second kappa shape index (κ2) is 4.15. The summed E-state index contributed by atoms with van der Waals surface area (Å²) < 4.78 is 5.62. The molecule has 0 radical (unpaired) electrons. The van der Waals surface area contributed by atoms with Crippen LogP contribution in [-0.4, -0.2) is 5.78 Å². The van der Waals surface area contributed by atoms with Gasteiger partial charge in [-0.2, -0.15) is 0 Å². The number of hydrogen-bond donors (Lipinski definition) is 0. The van der Waals surface area contributed by atoms with E-state index >= 15 is 0 Å². The summed E-state index contributed by atoms with van der Waals surface area (Å²) in [5.41, 5.74) is 2.53. The largest absolute Gasteiger partial charge is 0.453 e. The summed E-state index contributed by atoms with van der Waals surface area (Å²) in [6, 6.07) is 16.9. The highest BCUT2D eigenvalue weighted by molar-refractivity contribution is 6.08. The summed E-state index contributed by atoms with van der Waals surface area (Å²) in [6.45, 7) is 2.00. The zero-order chi connectivity index (χ0) is 12.5. The van der Waals surface area contributed by atoms with Gasteiger partial charge < -0.3 is 4.42 Å². The minimum absolute atomic E-state index is 0.0792. The van der Waals surface area contributed by atoms with Gasteiger partial charge in [-0.05, 0) is 24.6 Å². The number of fused-ring (bicyclic) bond motifs is 1. The van der Waals surface area contributed by atoms with Gasteiger partial charge in [0, 0.05) is 10.9 Å². The Morgan fingerprint density at radius 1 is 1.00 bits per heavy atom. The number of furan rings is 1. The average molecular weight is 236 g/mol. The summed E-state index contributed by atoms with van der Waals surface area (Å²) in [5, 5.41) is 0.958. The maximum absolute atomic E-state index is 12.2. The Morgan fingerprint density at radius 3 is 2.56 bits per heavy atom. The van der Waals surface area contributed by atoms with Crippen molar-refractivity contribution in [2.24, 2.45) is 0 Å².